The van der Waals surface area contributed by atoms with Gasteiger partial charge >= 0.3 is 29.6 Å². The Bertz CT molecular complexity index is 1670. The van der Waals surface area contributed by atoms with Crippen molar-refractivity contribution in [3.05, 3.63) is 94.0 Å². The van der Waals surface area contributed by atoms with Gasteiger partial charge in [-0.1, -0.05) is 36.4 Å². The third-order valence-corrected chi connectivity index (χ3v) is 6.11. The van der Waals surface area contributed by atoms with E-state index in [9.17, 15) is 33.0 Å². The molecule has 13 heteroatoms. The summed E-state index contributed by atoms with van der Waals surface area (Å²) >= 11 is 0. The second kappa shape index (κ2) is 11.2. The third-order valence-electron chi connectivity index (χ3n) is 5.28. The number of carbonyl (C=O) groups is 1. The van der Waals surface area contributed by atoms with E-state index in [4.69, 9.17) is 0 Å². The second-order valence-corrected chi connectivity index (χ2v) is 9.09. The van der Waals surface area contributed by atoms with Gasteiger partial charge in [0.05, 0.1) is 21.1 Å². The molecule has 0 unspecified atom stereocenters. The smallest absolute Gasteiger partial charge is 0.744 e. The first-order valence-electron chi connectivity index (χ1n) is 10.3. The third kappa shape index (κ3) is 6.18. The molecule has 11 nitrogen and oxygen atoms in total. The van der Waals surface area contributed by atoms with Crippen molar-refractivity contribution >= 4 is 49.5 Å². The van der Waals surface area contributed by atoms with Gasteiger partial charge < -0.3 is 15.0 Å². The van der Waals surface area contributed by atoms with Crippen LogP contribution >= 0.6 is 0 Å². The number of hydrogen-bond acceptors (Lipinski definition) is 9. The summed E-state index contributed by atoms with van der Waals surface area (Å²) in [6.07, 6.45) is 0. The summed E-state index contributed by atoms with van der Waals surface area (Å²) in [4.78, 5) is 22.9. The average Bonchev–Trinajstić information content (AvgIpc) is 2.83. The Labute approximate surface area is 233 Å². The Morgan fingerprint density at radius 2 is 1.73 bits per heavy atom. The maximum Gasteiger partial charge on any atom is 1.00 e. The van der Waals surface area contributed by atoms with Gasteiger partial charge in [-0.25, -0.2) is 8.42 Å². The number of aryl methyl sites for hydroxylation is 1. The number of fused-ring (bicyclic) bond motifs is 1. The number of phenolic OH excluding ortho intramolecular Hbond substituents is 1. The van der Waals surface area contributed by atoms with Crippen molar-refractivity contribution in [3.63, 3.8) is 0 Å². The van der Waals surface area contributed by atoms with E-state index in [1.165, 1.54) is 36.4 Å². The van der Waals surface area contributed by atoms with Crippen LogP contribution in [0.15, 0.2) is 87.9 Å². The molecule has 0 radical (unpaired) electrons. The number of nitrogens with zero attached hydrogens (tertiary/aromatic N) is 3. The van der Waals surface area contributed by atoms with Crippen LogP contribution in [0.2, 0.25) is 0 Å². The summed E-state index contributed by atoms with van der Waals surface area (Å²) in [7, 11) is -4.72. The average molecular weight is 528 g/mol. The van der Waals surface area contributed by atoms with Crippen molar-refractivity contribution in [2.75, 3.05) is 5.32 Å². The van der Waals surface area contributed by atoms with E-state index in [0.717, 1.165) is 12.1 Å². The van der Waals surface area contributed by atoms with Crippen LogP contribution in [-0.2, 0) is 10.1 Å². The van der Waals surface area contributed by atoms with Crippen LogP contribution < -0.4 is 34.9 Å². The number of anilines is 1. The number of benzene rings is 4. The zero-order valence-electron chi connectivity index (χ0n) is 19.6. The van der Waals surface area contributed by atoms with Gasteiger partial charge in [-0.15, -0.1) is 5.11 Å². The maximum absolute atomic E-state index is 13.0. The van der Waals surface area contributed by atoms with Crippen LogP contribution in [0.3, 0.4) is 0 Å². The van der Waals surface area contributed by atoms with Crippen molar-refractivity contribution in [1.82, 2.24) is 0 Å². The maximum atomic E-state index is 13.0. The Morgan fingerprint density at radius 1 is 1.00 bits per heavy atom. The summed E-state index contributed by atoms with van der Waals surface area (Å²) in [6.45, 7) is 1.64. The van der Waals surface area contributed by atoms with E-state index < -0.39 is 31.6 Å². The van der Waals surface area contributed by atoms with Crippen LogP contribution in [0.4, 0.5) is 22.7 Å². The number of nitro groups is 1. The van der Waals surface area contributed by atoms with Gasteiger partial charge in [0, 0.05) is 23.2 Å². The first-order valence-corrected chi connectivity index (χ1v) is 11.7. The first-order chi connectivity index (χ1) is 17.0. The SMILES string of the molecule is Cc1ccc(S(=O)(=O)[O-])cc1N=Nc1c(O)c(C(=O)Nc2cccc([N+](=O)[O-])c2)cc2ccccc12.[Na+]. The Kier molecular flexibility index (Phi) is 8.41. The molecule has 0 aromatic heterocycles. The normalized spacial score (nSPS) is 11.3. The Hall–Kier alpha value is -3.68. The fourth-order valence-electron chi connectivity index (χ4n) is 3.44. The molecular formula is C24H17N4NaO7S. The zero-order chi connectivity index (χ0) is 26.0. The largest absolute Gasteiger partial charge is 1.00 e. The van der Waals surface area contributed by atoms with Gasteiger partial charge in [0.25, 0.3) is 11.6 Å². The molecule has 0 atom stereocenters. The summed E-state index contributed by atoms with van der Waals surface area (Å²) in [5.41, 5.74) is 0.309. The van der Waals surface area contributed by atoms with Crippen LogP contribution in [0.25, 0.3) is 10.8 Å². The van der Waals surface area contributed by atoms with Gasteiger partial charge in [-0.2, -0.15) is 5.11 Å². The van der Waals surface area contributed by atoms with Gasteiger partial charge in [0.15, 0.2) is 5.75 Å². The van der Waals surface area contributed by atoms with Crippen LogP contribution in [0.1, 0.15) is 15.9 Å². The number of non-ortho nitro benzene ring substituents is 1. The zero-order valence-corrected chi connectivity index (χ0v) is 22.4. The van der Waals surface area contributed by atoms with Gasteiger partial charge in [-0.3, -0.25) is 14.9 Å². The molecule has 0 aliphatic rings. The van der Waals surface area contributed by atoms with Gasteiger partial charge in [-0.05, 0) is 42.1 Å². The Morgan fingerprint density at radius 3 is 2.43 bits per heavy atom. The van der Waals surface area contributed by atoms with Gasteiger partial charge in [0.2, 0.25) is 0 Å². The Balaban J connectivity index is 0.00000380. The quantitative estimate of drug-likeness (QED) is 0.127. The summed E-state index contributed by atoms with van der Waals surface area (Å²) in [6, 6.07) is 17.1. The summed E-state index contributed by atoms with van der Waals surface area (Å²) in [5, 5.41) is 33.6. The summed E-state index contributed by atoms with van der Waals surface area (Å²) < 4.78 is 34.1. The standard InChI is InChI=1S/C24H18N4O7S.Na/c1-14-9-10-18(36(33,34)35)13-21(14)26-27-22-19-8-3-2-5-15(19)11-20(23(22)29)24(30)25-16-6-4-7-17(12-16)28(31)32;/h2-13,29H,1H3,(H,25,30)(H,33,34,35);/q;+1/p-1. The molecule has 0 bridgehead atoms. The summed E-state index contributed by atoms with van der Waals surface area (Å²) in [5.74, 6) is -1.25. The minimum absolute atomic E-state index is 0. The number of phenols is 1. The molecule has 0 aliphatic heterocycles. The molecule has 182 valence electrons. The fraction of sp³-hybridized carbons (Fsp3) is 0.0417. The predicted molar refractivity (Wildman–Crippen MR) is 130 cm³/mol. The molecule has 37 heavy (non-hydrogen) atoms. The predicted octanol–water partition coefficient (Wildman–Crippen LogP) is 2.34. The number of nitrogens with one attached hydrogen (secondary N) is 1. The van der Waals surface area contributed by atoms with E-state index in [1.54, 1.807) is 31.2 Å². The molecule has 0 spiro atoms. The van der Waals surface area contributed by atoms with E-state index >= 15 is 0 Å². The number of amides is 1. The van der Waals surface area contributed by atoms with E-state index in [0.29, 0.717) is 16.3 Å². The van der Waals surface area contributed by atoms with Crippen molar-refractivity contribution in [2.45, 2.75) is 11.8 Å². The molecule has 1 amide bonds. The number of nitro benzene ring substituents is 1. The van der Waals surface area contributed by atoms with Crippen molar-refractivity contribution in [2.24, 2.45) is 10.2 Å². The number of aromatic hydroxyl groups is 1. The minimum Gasteiger partial charge on any atom is -0.744 e. The molecule has 0 aliphatic carbocycles. The molecule has 2 N–H and O–H groups in total. The van der Waals surface area contributed by atoms with E-state index in [2.05, 4.69) is 15.5 Å². The van der Waals surface area contributed by atoms with Crippen LogP contribution in [0, 0.1) is 17.0 Å². The topological polar surface area (TPSA) is 174 Å². The number of azo groups is 1. The number of carbonyl (C=O) groups excluding carboxylic acids is 1. The molecule has 0 saturated heterocycles. The fourth-order valence-corrected chi connectivity index (χ4v) is 3.93. The molecule has 4 rings (SSSR count). The van der Waals surface area contributed by atoms with Crippen LogP contribution in [-0.4, -0.2) is 28.9 Å². The van der Waals surface area contributed by atoms with E-state index in [1.807, 2.05) is 0 Å². The van der Waals surface area contributed by atoms with Crippen LogP contribution in [0.5, 0.6) is 5.75 Å². The molecule has 0 fully saturated rings. The monoisotopic (exact) mass is 528 g/mol. The number of hydrogen-bond donors (Lipinski definition) is 2. The molecule has 0 heterocycles. The molecule has 0 saturated carbocycles. The first kappa shape index (κ1) is 27.9. The van der Waals surface area contributed by atoms with Crippen molar-refractivity contribution in [1.29, 1.82) is 0 Å². The molecule has 4 aromatic carbocycles. The van der Waals surface area contributed by atoms with Gasteiger partial charge in [0.1, 0.15) is 15.8 Å². The molecular weight excluding hydrogens is 511 g/mol. The molecule has 4 aromatic rings. The number of rotatable bonds is 6. The second-order valence-electron chi connectivity index (χ2n) is 7.71. The van der Waals surface area contributed by atoms with E-state index in [-0.39, 0.29) is 57.9 Å². The minimum atomic E-state index is -4.72. The van der Waals surface area contributed by atoms with Crippen molar-refractivity contribution < 1.29 is 57.4 Å². The van der Waals surface area contributed by atoms with Crippen molar-refractivity contribution in [3.8, 4) is 5.75 Å².